The zero-order valence-electron chi connectivity index (χ0n) is 17.2. The first-order valence-electron chi connectivity index (χ1n) is 10.4. The van der Waals surface area contributed by atoms with Gasteiger partial charge in [-0.1, -0.05) is 0 Å². The summed E-state index contributed by atoms with van der Waals surface area (Å²) >= 11 is 0. The smallest absolute Gasteiger partial charge is 0.255 e. The average Bonchev–Trinajstić information content (AvgIpc) is 3.33. The number of sulfonamides is 1. The Morgan fingerprint density at radius 2 is 1.74 bits per heavy atom. The summed E-state index contributed by atoms with van der Waals surface area (Å²) in [7, 11) is -3.56. The number of nitrogens with zero attached hydrogens (tertiary/aromatic N) is 1. The molecule has 2 fully saturated rings. The lowest BCUT2D eigenvalue weighted by atomic mass is 10.2. The monoisotopic (exact) mass is 446 g/mol. The van der Waals surface area contributed by atoms with Crippen molar-refractivity contribution in [1.29, 1.82) is 0 Å². The van der Waals surface area contributed by atoms with E-state index in [4.69, 9.17) is 14.2 Å². The maximum Gasteiger partial charge on any atom is 0.255 e. The van der Waals surface area contributed by atoms with Gasteiger partial charge in [-0.15, -0.1) is 0 Å². The molecule has 0 saturated carbocycles. The van der Waals surface area contributed by atoms with Crippen LogP contribution in [-0.4, -0.2) is 64.3 Å². The molecule has 166 valence electrons. The minimum atomic E-state index is -3.56. The lowest BCUT2D eigenvalue weighted by molar-refractivity contribution is 0.0679. The van der Waals surface area contributed by atoms with Crippen molar-refractivity contribution in [2.24, 2.45) is 0 Å². The van der Waals surface area contributed by atoms with Crippen molar-refractivity contribution in [3.63, 3.8) is 0 Å². The van der Waals surface area contributed by atoms with Crippen molar-refractivity contribution in [1.82, 2.24) is 4.31 Å². The van der Waals surface area contributed by atoms with Crippen LogP contribution in [0.2, 0.25) is 0 Å². The third kappa shape index (κ3) is 5.43. The van der Waals surface area contributed by atoms with Gasteiger partial charge in [-0.3, -0.25) is 4.79 Å². The Kier molecular flexibility index (Phi) is 6.86. The topological polar surface area (TPSA) is 94.2 Å². The van der Waals surface area contributed by atoms with Gasteiger partial charge in [-0.2, -0.15) is 4.31 Å². The van der Waals surface area contributed by atoms with Crippen LogP contribution in [0.3, 0.4) is 0 Å². The van der Waals surface area contributed by atoms with Crippen LogP contribution in [0, 0.1) is 0 Å². The Labute approximate surface area is 182 Å². The molecule has 2 heterocycles. The molecule has 4 rings (SSSR count). The number of anilines is 1. The number of ether oxygens (including phenoxy) is 3. The summed E-state index contributed by atoms with van der Waals surface area (Å²) in [6, 6.07) is 13.1. The van der Waals surface area contributed by atoms with Gasteiger partial charge in [0.2, 0.25) is 10.0 Å². The van der Waals surface area contributed by atoms with Crippen molar-refractivity contribution >= 4 is 21.6 Å². The van der Waals surface area contributed by atoms with Crippen LogP contribution in [0.1, 0.15) is 23.2 Å². The summed E-state index contributed by atoms with van der Waals surface area (Å²) in [5.74, 6) is 0.402. The van der Waals surface area contributed by atoms with E-state index in [2.05, 4.69) is 5.32 Å². The summed E-state index contributed by atoms with van der Waals surface area (Å²) in [5, 5.41) is 2.78. The SMILES string of the molecule is O=C(Nc1ccc(S(=O)(=O)N2CCOCC2)cc1)c1ccc(OC[C@@H]2CCCO2)cc1. The van der Waals surface area contributed by atoms with E-state index in [1.807, 2.05) is 0 Å². The highest BCUT2D eigenvalue weighted by atomic mass is 32.2. The predicted octanol–water partition coefficient (Wildman–Crippen LogP) is 2.52. The quantitative estimate of drug-likeness (QED) is 0.702. The lowest BCUT2D eigenvalue weighted by Gasteiger charge is -2.26. The molecule has 0 bridgehead atoms. The second kappa shape index (κ2) is 9.78. The highest BCUT2D eigenvalue weighted by Gasteiger charge is 2.26. The van der Waals surface area contributed by atoms with Crippen LogP contribution >= 0.6 is 0 Å². The molecule has 0 radical (unpaired) electrons. The molecule has 2 aromatic carbocycles. The van der Waals surface area contributed by atoms with E-state index in [0.717, 1.165) is 19.4 Å². The van der Waals surface area contributed by atoms with E-state index >= 15 is 0 Å². The molecule has 2 aliphatic rings. The molecule has 2 aliphatic heterocycles. The number of benzene rings is 2. The average molecular weight is 447 g/mol. The Morgan fingerprint density at radius 3 is 2.39 bits per heavy atom. The molecular formula is C22H26N2O6S. The maximum absolute atomic E-state index is 12.7. The number of carbonyl (C=O) groups excluding carboxylic acids is 1. The standard InChI is InChI=1S/C22H26N2O6S/c25-22(17-3-7-19(8-4-17)30-16-20-2-1-13-29-20)23-18-5-9-21(10-6-18)31(26,27)24-11-14-28-15-12-24/h3-10,20H,1-2,11-16H2,(H,23,25)/t20-/m0/s1. The first-order chi connectivity index (χ1) is 15.0. The molecule has 9 heteroatoms. The summed E-state index contributed by atoms with van der Waals surface area (Å²) in [4.78, 5) is 12.7. The summed E-state index contributed by atoms with van der Waals surface area (Å²) in [6.45, 7) is 2.76. The maximum atomic E-state index is 12.7. The largest absolute Gasteiger partial charge is 0.491 e. The van der Waals surface area contributed by atoms with Gasteiger partial charge in [0.15, 0.2) is 0 Å². The fourth-order valence-corrected chi connectivity index (χ4v) is 4.92. The molecule has 0 aromatic heterocycles. The molecule has 8 nitrogen and oxygen atoms in total. The van der Waals surface area contributed by atoms with Crippen LogP contribution in [0.5, 0.6) is 5.75 Å². The Hall–Kier alpha value is -2.46. The fourth-order valence-electron chi connectivity index (χ4n) is 3.52. The molecule has 1 N–H and O–H groups in total. The fraction of sp³-hybridized carbons (Fsp3) is 0.409. The normalized spacial score (nSPS) is 19.8. The highest BCUT2D eigenvalue weighted by Crippen LogP contribution is 2.21. The second-order valence-corrected chi connectivity index (χ2v) is 9.40. The van der Waals surface area contributed by atoms with Crippen molar-refractivity contribution in [3.05, 3.63) is 54.1 Å². The van der Waals surface area contributed by atoms with Gasteiger partial charge in [0.05, 0.1) is 24.2 Å². The first-order valence-corrected chi connectivity index (χ1v) is 11.8. The van der Waals surface area contributed by atoms with Crippen molar-refractivity contribution in [3.8, 4) is 5.75 Å². The summed E-state index contributed by atoms with van der Waals surface area (Å²) in [6.07, 6.45) is 2.21. The van der Waals surface area contributed by atoms with Gasteiger partial charge in [-0.25, -0.2) is 8.42 Å². The van der Waals surface area contributed by atoms with Gasteiger partial charge >= 0.3 is 0 Å². The number of rotatable bonds is 7. The predicted molar refractivity (Wildman–Crippen MR) is 115 cm³/mol. The van der Waals surface area contributed by atoms with Crippen LogP contribution in [0.25, 0.3) is 0 Å². The molecule has 31 heavy (non-hydrogen) atoms. The Bertz CT molecular complexity index is 980. The van der Waals surface area contributed by atoms with Gasteiger partial charge < -0.3 is 19.5 Å². The number of carbonyl (C=O) groups is 1. The van der Waals surface area contributed by atoms with Gasteiger partial charge in [0.1, 0.15) is 12.4 Å². The minimum Gasteiger partial charge on any atom is -0.491 e. The number of nitrogens with one attached hydrogen (secondary N) is 1. The molecule has 2 aromatic rings. The second-order valence-electron chi connectivity index (χ2n) is 7.47. The summed E-state index contributed by atoms with van der Waals surface area (Å²) in [5.41, 5.74) is 0.999. The van der Waals surface area contributed by atoms with Crippen LogP contribution in [-0.2, 0) is 19.5 Å². The van der Waals surface area contributed by atoms with Gasteiger partial charge in [0, 0.05) is 30.9 Å². The molecule has 1 atom stereocenters. The zero-order chi connectivity index (χ0) is 21.7. The van der Waals surface area contributed by atoms with E-state index < -0.39 is 10.0 Å². The molecular weight excluding hydrogens is 420 g/mol. The zero-order valence-corrected chi connectivity index (χ0v) is 18.0. The first kappa shape index (κ1) is 21.8. The van der Waals surface area contributed by atoms with Crippen molar-refractivity contribution in [2.75, 3.05) is 44.8 Å². The number of hydrogen-bond acceptors (Lipinski definition) is 6. The van der Waals surface area contributed by atoms with Gasteiger partial charge in [-0.05, 0) is 61.4 Å². The van der Waals surface area contributed by atoms with Crippen LogP contribution < -0.4 is 10.1 Å². The van der Waals surface area contributed by atoms with Crippen molar-refractivity contribution in [2.45, 2.75) is 23.8 Å². The molecule has 0 unspecified atom stereocenters. The van der Waals surface area contributed by atoms with E-state index in [1.165, 1.54) is 16.4 Å². The molecule has 0 aliphatic carbocycles. The molecule has 1 amide bonds. The van der Waals surface area contributed by atoms with Crippen LogP contribution in [0.4, 0.5) is 5.69 Å². The minimum absolute atomic E-state index is 0.137. The Morgan fingerprint density at radius 1 is 1.03 bits per heavy atom. The number of amides is 1. The number of morpholine rings is 1. The number of hydrogen-bond donors (Lipinski definition) is 1. The van der Waals surface area contributed by atoms with E-state index in [0.29, 0.717) is 49.9 Å². The molecule has 0 spiro atoms. The van der Waals surface area contributed by atoms with E-state index in [9.17, 15) is 13.2 Å². The van der Waals surface area contributed by atoms with E-state index in [-0.39, 0.29) is 16.9 Å². The van der Waals surface area contributed by atoms with Crippen LogP contribution in [0.15, 0.2) is 53.4 Å². The van der Waals surface area contributed by atoms with Crippen molar-refractivity contribution < 1.29 is 27.4 Å². The third-order valence-corrected chi connectivity index (χ3v) is 7.21. The Balaban J connectivity index is 1.33. The third-order valence-electron chi connectivity index (χ3n) is 5.30. The summed E-state index contributed by atoms with van der Waals surface area (Å²) < 4.78 is 43.2. The molecule has 2 saturated heterocycles. The van der Waals surface area contributed by atoms with E-state index in [1.54, 1.807) is 36.4 Å². The van der Waals surface area contributed by atoms with Gasteiger partial charge in [0.25, 0.3) is 5.91 Å². The lowest BCUT2D eigenvalue weighted by Crippen LogP contribution is -2.40. The highest BCUT2D eigenvalue weighted by molar-refractivity contribution is 7.89.